The molecule has 0 unspecified atom stereocenters. The number of carbonyl (C=O) groups is 2. The van der Waals surface area contributed by atoms with Crippen LogP contribution >= 0.6 is 0 Å². The Kier molecular flexibility index (Phi) is 4.98. The number of anilines is 1. The van der Waals surface area contributed by atoms with Gasteiger partial charge in [-0.1, -0.05) is 30.3 Å². The number of amides is 2. The number of fused-ring (bicyclic) bond motifs is 1. The molecule has 5 nitrogen and oxygen atoms in total. The van der Waals surface area contributed by atoms with Gasteiger partial charge in [-0.15, -0.1) is 0 Å². The van der Waals surface area contributed by atoms with Crippen LogP contribution in [0.25, 0.3) is 0 Å². The molecule has 0 spiro atoms. The first-order valence-corrected chi connectivity index (χ1v) is 9.38. The van der Waals surface area contributed by atoms with Crippen molar-refractivity contribution in [2.75, 3.05) is 11.4 Å². The van der Waals surface area contributed by atoms with Crippen LogP contribution < -0.4 is 4.90 Å². The summed E-state index contributed by atoms with van der Waals surface area (Å²) in [7, 11) is 0. The van der Waals surface area contributed by atoms with E-state index in [9.17, 15) is 9.59 Å². The lowest BCUT2D eigenvalue weighted by Crippen LogP contribution is -2.30. The summed E-state index contributed by atoms with van der Waals surface area (Å²) in [5.41, 5.74) is 3.64. The summed E-state index contributed by atoms with van der Waals surface area (Å²) in [5, 5.41) is 0. The molecule has 3 aromatic rings. The summed E-state index contributed by atoms with van der Waals surface area (Å²) >= 11 is 0. The minimum absolute atomic E-state index is 0.0290. The van der Waals surface area contributed by atoms with Crippen molar-refractivity contribution in [2.24, 2.45) is 0 Å². The molecule has 0 bridgehead atoms. The summed E-state index contributed by atoms with van der Waals surface area (Å²) in [6.07, 6.45) is 2.39. The van der Waals surface area contributed by atoms with Crippen molar-refractivity contribution in [1.29, 1.82) is 0 Å². The molecule has 0 N–H and O–H groups in total. The molecule has 142 valence electrons. The van der Waals surface area contributed by atoms with Gasteiger partial charge in [-0.05, 0) is 47.9 Å². The Bertz CT molecular complexity index is 980. The molecule has 0 saturated heterocycles. The van der Waals surface area contributed by atoms with E-state index in [0.717, 1.165) is 29.0 Å². The highest BCUT2D eigenvalue weighted by molar-refractivity contribution is 5.97. The Morgan fingerprint density at radius 1 is 1.04 bits per heavy atom. The van der Waals surface area contributed by atoms with Gasteiger partial charge in [0, 0.05) is 31.3 Å². The maximum Gasteiger partial charge on any atom is 0.254 e. The number of rotatable bonds is 5. The van der Waals surface area contributed by atoms with Crippen molar-refractivity contribution in [3.05, 3.63) is 89.4 Å². The van der Waals surface area contributed by atoms with Crippen LogP contribution in [0.3, 0.4) is 0 Å². The molecule has 2 heterocycles. The second-order valence-corrected chi connectivity index (χ2v) is 6.99. The first-order chi connectivity index (χ1) is 13.6. The lowest BCUT2D eigenvalue weighted by atomic mass is 10.1. The van der Waals surface area contributed by atoms with Crippen molar-refractivity contribution in [3.63, 3.8) is 0 Å². The smallest absolute Gasteiger partial charge is 0.254 e. The molecule has 5 heteroatoms. The fourth-order valence-corrected chi connectivity index (χ4v) is 3.64. The van der Waals surface area contributed by atoms with Gasteiger partial charge < -0.3 is 14.2 Å². The van der Waals surface area contributed by atoms with Crippen molar-refractivity contribution in [2.45, 2.75) is 26.4 Å². The van der Waals surface area contributed by atoms with Gasteiger partial charge in [0.25, 0.3) is 5.91 Å². The molecule has 4 rings (SSSR count). The summed E-state index contributed by atoms with van der Waals surface area (Å²) in [5.74, 6) is 0.721. The molecule has 0 atom stereocenters. The van der Waals surface area contributed by atoms with Gasteiger partial charge in [0.1, 0.15) is 5.76 Å². The SMILES string of the molecule is CC(=O)N1CCc2cc(C(=O)N(Cc3ccccc3)Cc3ccco3)ccc21. The van der Waals surface area contributed by atoms with Gasteiger partial charge in [-0.2, -0.15) is 0 Å². The van der Waals surface area contributed by atoms with Crippen LogP contribution in [0.1, 0.15) is 34.2 Å². The van der Waals surface area contributed by atoms with E-state index in [1.54, 1.807) is 23.0 Å². The zero-order chi connectivity index (χ0) is 19.5. The fourth-order valence-electron chi connectivity index (χ4n) is 3.64. The highest BCUT2D eigenvalue weighted by Crippen LogP contribution is 2.29. The van der Waals surface area contributed by atoms with Gasteiger partial charge in [-0.25, -0.2) is 0 Å². The Balaban J connectivity index is 1.61. The van der Waals surface area contributed by atoms with Crippen LogP contribution in [0.5, 0.6) is 0 Å². The zero-order valence-corrected chi connectivity index (χ0v) is 15.8. The van der Waals surface area contributed by atoms with E-state index in [0.29, 0.717) is 25.2 Å². The maximum absolute atomic E-state index is 13.3. The van der Waals surface area contributed by atoms with E-state index < -0.39 is 0 Å². The predicted molar refractivity (Wildman–Crippen MR) is 107 cm³/mol. The van der Waals surface area contributed by atoms with Crippen molar-refractivity contribution >= 4 is 17.5 Å². The molecule has 0 radical (unpaired) electrons. The van der Waals surface area contributed by atoms with E-state index in [4.69, 9.17) is 4.42 Å². The number of hydrogen-bond acceptors (Lipinski definition) is 3. The maximum atomic E-state index is 13.3. The van der Waals surface area contributed by atoms with E-state index >= 15 is 0 Å². The molecular formula is C23H22N2O3. The largest absolute Gasteiger partial charge is 0.467 e. The third-order valence-electron chi connectivity index (χ3n) is 5.03. The molecular weight excluding hydrogens is 352 g/mol. The number of nitrogens with zero attached hydrogens (tertiary/aromatic N) is 2. The second kappa shape index (κ2) is 7.72. The molecule has 28 heavy (non-hydrogen) atoms. The van der Waals surface area contributed by atoms with Crippen molar-refractivity contribution < 1.29 is 14.0 Å². The van der Waals surface area contributed by atoms with E-state index in [-0.39, 0.29) is 11.8 Å². The summed E-state index contributed by atoms with van der Waals surface area (Å²) in [4.78, 5) is 28.6. The van der Waals surface area contributed by atoms with Crippen LogP contribution in [0.2, 0.25) is 0 Å². The standard InChI is InChI=1S/C23H22N2O3/c1-17(26)25-12-11-19-14-20(9-10-22(19)25)23(27)24(16-21-8-5-13-28-21)15-18-6-3-2-4-7-18/h2-10,13-14H,11-12,15-16H2,1H3. The van der Waals surface area contributed by atoms with E-state index in [2.05, 4.69) is 0 Å². The summed E-state index contributed by atoms with van der Waals surface area (Å²) < 4.78 is 5.46. The first-order valence-electron chi connectivity index (χ1n) is 9.38. The molecule has 1 aliphatic rings. The van der Waals surface area contributed by atoms with Crippen molar-refractivity contribution in [3.8, 4) is 0 Å². The van der Waals surface area contributed by atoms with Gasteiger partial charge in [0.2, 0.25) is 5.91 Å². The first kappa shape index (κ1) is 18.0. The Morgan fingerprint density at radius 3 is 2.57 bits per heavy atom. The molecule has 2 aromatic carbocycles. The number of hydrogen-bond donors (Lipinski definition) is 0. The third-order valence-corrected chi connectivity index (χ3v) is 5.03. The minimum atomic E-state index is -0.0515. The predicted octanol–water partition coefficient (Wildman–Crippen LogP) is 4.03. The molecule has 0 saturated carbocycles. The average Bonchev–Trinajstić information content (AvgIpc) is 3.36. The number of benzene rings is 2. The van der Waals surface area contributed by atoms with E-state index in [1.807, 2.05) is 60.7 Å². The van der Waals surface area contributed by atoms with E-state index in [1.165, 1.54) is 0 Å². The topological polar surface area (TPSA) is 53.8 Å². The monoisotopic (exact) mass is 374 g/mol. The van der Waals surface area contributed by atoms with Gasteiger partial charge in [0.15, 0.2) is 0 Å². The van der Waals surface area contributed by atoms with Crippen LogP contribution in [-0.4, -0.2) is 23.3 Å². The summed E-state index contributed by atoms with van der Waals surface area (Å²) in [6.45, 7) is 3.13. The van der Waals surface area contributed by atoms with Gasteiger partial charge in [-0.3, -0.25) is 9.59 Å². The Labute approximate surface area is 164 Å². The highest BCUT2D eigenvalue weighted by atomic mass is 16.3. The molecule has 0 aliphatic carbocycles. The molecule has 2 amide bonds. The van der Waals surface area contributed by atoms with Gasteiger partial charge in [0.05, 0.1) is 12.8 Å². The Hall–Kier alpha value is -3.34. The summed E-state index contributed by atoms with van der Waals surface area (Å²) in [6, 6.07) is 19.2. The van der Waals surface area contributed by atoms with Crippen LogP contribution in [0.4, 0.5) is 5.69 Å². The molecule has 1 aromatic heterocycles. The number of carbonyl (C=O) groups excluding carboxylic acids is 2. The van der Waals surface area contributed by atoms with Crippen LogP contribution in [-0.2, 0) is 24.3 Å². The number of furan rings is 1. The third kappa shape index (κ3) is 3.69. The van der Waals surface area contributed by atoms with Crippen LogP contribution in [0.15, 0.2) is 71.3 Å². The minimum Gasteiger partial charge on any atom is -0.467 e. The average molecular weight is 374 g/mol. The fraction of sp³-hybridized carbons (Fsp3) is 0.217. The molecule has 0 fully saturated rings. The Morgan fingerprint density at radius 2 is 1.86 bits per heavy atom. The zero-order valence-electron chi connectivity index (χ0n) is 15.8. The second-order valence-electron chi connectivity index (χ2n) is 6.99. The van der Waals surface area contributed by atoms with Gasteiger partial charge >= 0.3 is 0 Å². The lowest BCUT2D eigenvalue weighted by molar-refractivity contribution is -0.116. The quantitative estimate of drug-likeness (QED) is 0.677. The van der Waals surface area contributed by atoms with Crippen molar-refractivity contribution in [1.82, 2.24) is 4.90 Å². The normalized spacial score (nSPS) is 12.7. The lowest BCUT2D eigenvalue weighted by Gasteiger charge is -2.22. The van der Waals surface area contributed by atoms with Crippen LogP contribution in [0, 0.1) is 0 Å². The molecule has 1 aliphatic heterocycles. The highest BCUT2D eigenvalue weighted by Gasteiger charge is 2.25.